The van der Waals surface area contributed by atoms with Crippen molar-refractivity contribution in [3.8, 4) is 5.75 Å². The normalized spacial score (nSPS) is 9.95. The summed E-state index contributed by atoms with van der Waals surface area (Å²) in [5.41, 5.74) is 0.226. The van der Waals surface area contributed by atoms with Crippen LogP contribution in [0.1, 0.15) is 10.5 Å². The van der Waals surface area contributed by atoms with Crippen LogP contribution in [0, 0.1) is 10.1 Å². The third kappa shape index (κ3) is 2.68. The fourth-order valence-electron chi connectivity index (χ4n) is 1.46. The number of nitrogens with one attached hydrogen (secondary N) is 2. The van der Waals surface area contributed by atoms with E-state index < -0.39 is 16.6 Å². The largest absolute Gasteiger partial charge is 0.497 e. The molecule has 0 aliphatic rings. The van der Waals surface area contributed by atoms with Gasteiger partial charge in [0.05, 0.1) is 7.11 Å². The number of methoxy groups -OCH3 is 1. The standard InChI is InChI=1S/C11H10N4O4/c1-19-8-4-2-7(3-5-8)14-11(16)9-10(15(17)18)13-6-12-9/h2-6H,1H3,(H,12,13)(H,14,16). The zero-order valence-electron chi connectivity index (χ0n) is 9.91. The second kappa shape index (κ2) is 5.17. The number of benzene rings is 1. The van der Waals surface area contributed by atoms with Crippen molar-refractivity contribution >= 4 is 17.4 Å². The van der Waals surface area contributed by atoms with Gasteiger partial charge in [0.1, 0.15) is 5.75 Å². The molecule has 0 unspecified atom stereocenters. The molecule has 0 saturated carbocycles. The van der Waals surface area contributed by atoms with E-state index in [0.717, 1.165) is 6.33 Å². The Morgan fingerprint density at radius 1 is 1.42 bits per heavy atom. The number of amides is 1. The Bertz CT molecular complexity index is 605. The maximum absolute atomic E-state index is 11.8. The molecule has 2 aromatic rings. The van der Waals surface area contributed by atoms with Crippen LogP contribution < -0.4 is 10.1 Å². The van der Waals surface area contributed by atoms with Crippen LogP contribution in [0.3, 0.4) is 0 Å². The van der Waals surface area contributed by atoms with E-state index in [1.165, 1.54) is 7.11 Å². The van der Waals surface area contributed by atoms with Gasteiger partial charge in [-0.05, 0) is 29.2 Å². The monoisotopic (exact) mass is 262 g/mol. The van der Waals surface area contributed by atoms with E-state index in [2.05, 4.69) is 15.3 Å². The van der Waals surface area contributed by atoms with Gasteiger partial charge < -0.3 is 20.2 Å². The van der Waals surface area contributed by atoms with Crippen molar-refractivity contribution in [1.29, 1.82) is 0 Å². The van der Waals surface area contributed by atoms with Crippen LogP contribution in [0.4, 0.5) is 11.5 Å². The molecule has 8 nitrogen and oxygen atoms in total. The average molecular weight is 262 g/mol. The molecule has 1 aromatic carbocycles. The lowest BCUT2D eigenvalue weighted by molar-refractivity contribution is -0.389. The van der Waals surface area contributed by atoms with Crippen LogP contribution in [0.25, 0.3) is 0 Å². The number of nitrogens with zero attached hydrogens (tertiary/aromatic N) is 2. The number of carbonyl (C=O) groups excluding carboxylic acids is 1. The van der Waals surface area contributed by atoms with E-state index in [9.17, 15) is 14.9 Å². The number of rotatable bonds is 4. The zero-order valence-corrected chi connectivity index (χ0v) is 9.91. The molecule has 2 rings (SSSR count). The van der Waals surface area contributed by atoms with Crippen molar-refractivity contribution < 1.29 is 14.5 Å². The number of nitro groups is 1. The first kappa shape index (κ1) is 12.6. The van der Waals surface area contributed by atoms with Crippen molar-refractivity contribution in [3.05, 3.63) is 46.4 Å². The Labute approximate surface area is 107 Å². The average Bonchev–Trinajstić information content (AvgIpc) is 2.89. The highest BCUT2D eigenvalue weighted by molar-refractivity contribution is 6.05. The van der Waals surface area contributed by atoms with Crippen LogP contribution in [-0.4, -0.2) is 27.9 Å². The van der Waals surface area contributed by atoms with Crippen LogP contribution in [0.2, 0.25) is 0 Å². The number of hydrogen-bond donors (Lipinski definition) is 2. The van der Waals surface area contributed by atoms with E-state index in [4.69, 9.17) is 4.74 Å². The van der Waals surface area contributed by atoms with Crippen molar-refractivity contribution in [2.75, 3.05) is 12.4 Å². The van der Waals surface area contributed by atoms with E-state index >= 15 is 0 Å². The number of hydrogen-bond acceptors (Lipinski definition) is 5. The molecule has 98 valence electrons. The first-order chi connectivity index (χ1) is 9.11. The second-order valence-corrected chi connectivity index (χ2v) is 3.54. The predicted octanol–water partition coefficient (Wildman–Crippen LogP) is 1.58. The highest BCUT2D eigenvalue weighted by Crippen LogP contribution is 2.18. The summed E-state index contributed by atoms with van der Waals surface area (Å²) < 4.78 is 4.98. The Morgan fingerprint density at radius 2 is 2.11 bits per heavy atom. The van der Waals surface area contributed by atoms with Gasteiger partial charge in [-0.1, -0.05) is 0 Å². The summed E-state index contributed by atoms with van der Waals surface area (Å²) in [5.74, 6) is -0.451. The Hall–Kier alpha value is -2.90. The van der Waals surface area contributed by atoms with Crippen molar-refractivity contribution in [1.82, 2.24) is 9.97 Å². The molecule has 0 saturated heterocycles. The quantitative estimate of drug-likeness (QED) is 0.642. The third-order valence-corrected chi connectivity index (χ3v) is 2.36. The molecule has 0 bridgehead atoms. The second-order valence-electron chi connectivity index (χ2n) is 3.54. The number of aromatic nitrogens is 2. The fraction of sp³-hybridized carbons (Fsp3) is 0.0909. The van der Waals surface area contributed by atoms with Gasteiger partial charge in [-0.3, -0.25) is 4.79 Å². The molecule has 0 aliphatic heterocycles. The molecule has 0 fully saturated rings. The molecule has 0 aliphatic carbocycles. The van der Waals surface area contributed by atoms with Crippen LogP contribution in [-0.2, 0) is 0 Å². The van der Waals surface area contributed by atoms with Crippen molar-refractivity contribution in [2.45, 2.75) is 0 Å². The van der Waals surface area contributed by atoms with Crippen LogP contribution >= 0.6 is 0 Å². The third-order valence-electron chi connectivity index (χ3n) is 2.36. The summed E-state index contributed by atoms with van der Waals surface area (Å²) in [6.07, 6.45) is 1.10. The summed E-state index contributed by atoms with van der Waals surface area (Å²) in [6, 6.07) is 6.56. The maximum Gasteiger partial charge on any atom is 0.353 e. The summed E-state index contributed by atoms with van der Waals surface area (Å²) in [5, 5.41) is 13.2. The highest BCUT2D eigenvalue weighted by Gasteiger charge is 2.22. The lowest BCUT2D eigenvalue weighted by atomic mass is 10.3. The number of ether oxygens (including phenoxy) is 1. The Balaban J connectivity index is 2.16. The molecule has 0 atom stereocenters. The summed E-state index contributed by atoms with van der Waals surface area (Å²) in [4.78, 5) is 27.7. The smallest absolute Gasteiger partial charge is 0.353 e. The van der Waals surface area contributed by atoms with Gasteiger partial charge in [0, 0.05) is 5.69 Å². The number of imidazole rings is 1. The maximum atomic E-state index is 11.8. The molecule has 0 spiro atoms. The molecule has 2 N–H and O–H groups in total. The van der Waals surface area contributed by atoms with Crippen molar-refractivity contribution in [3.63, 3.8) is 0 Å². The molecule has 1 amide bonds. The van der Waals surface area contributed by atoms with Gasteiger partial charge in [-0.15, -0.1) is 0 Å². The molecule has 1 aromatic heterocycles. The van der Waals surface area contributed by atoms with Gasteiger partial charge in [0.2, 0.25) is 5.69 Å². The Kier molecular flexibility index (Phi) is 3.42. The lowest BCUT2D eigenvalue weighted by Gasteiger charge is -2.04. The SMILES string of the molecule is COc1ccc(NC(=O)c2nc[nH]c2[N+](=O)[O-])cc1. The van der Waals surface area contributed by atoms with Crippen molar-refractivity contribution in [2.24, 2.45) is 0 Å². The summed E-state index contributed by atoms with van der Waals surface area (Å²) in [6.45, 7) is 0. The number of aromatic amines is 1. The van der Waals surface area contributed by atoms with Gasteiger partial charge in [0.25, 0.3) is 5.91 Å². The molecule has 8 heteroatoms. The summed E-state index contributed by atoms with van der Waals surface area (Å²) >= 11 is 0. The van der Waals surface area contributed by atoms with E-state index in [-0.39, 0.29) is 5.69 Å². The van der Waals surface area contributed by atoms with E-state index in [0.29, 0.717) is 11.4 Å². The molecular formula is C11H10N4O4. The minimum atomic E-state index is -0.698. The molecule has 1 heterocycles. The van der Waals surface area contributed by atoms with Gasteiger partial charge >= 0.3 is 5.82 Å². The van der Waals surface area contributed by atoms with E-state index in [1.54, 1.807) is 24.3 Å². The lowest BCUT2D eigenvalue weighted by Crippen LogP contribution is -2.14. The molecular weight excluding hydrogens is 252 g/mol. The van der Waals surface area contributed by atoms with Crippen LogP contribution in [0.15, 0.2) is 30.6 Å². The summed E-state index contributed by atoms with van der Waals surface area (Å²) in [7, 11) is 1.53. The fourth-order valence-corrected chi connectivity index (χ4v) is 1.46. The molecule has 19 heavy (non-hydrogen) atoms. The number of carbonyl (C=O) groups is 1. The van der Waals surface area contributed by atoms with Gasteiger partial charge in [-0.2, -0.15) is 0 Å². The van der Waals surface area contributed by atoms with Crippen LogP contribution in [0.5, 0.6) is 5.75 Å². The molecule has 0 radical (unpaired) electrons. The first-order valence-corrected chi connectivity index (χ1v) is 5.25. The predicted molar refractivity (Wildman–Crippen MR) is 66.2 cm³/mol. The minimum Gasteiger partial charge on any atom is -0.497 e. The van der Waals surface area contributed by atoms with E-state index in [1.807, 2.05) is 0 Å². The van der Waals surface area contributed by atoms with Gasteiger partial charge in [0.15, 0.2) is 6.33 Å². The number of anilines is 1. The minimum absolute atomic E-state index is 0.263. The number of H-pyrrole nitrogens is 1. The first-order valence-electron chi connectivity index (χ1n) is 5.25. The van der Waals surface area contributed by atoms with Gasteiger partial charge in [-0.25, -0.2) is 9.97 Å². The zero-order chi connectivity index (χ0) is 13.8. The topological polar surface area (TPSA) is 110 Å². The Morgan fingerprint density at radius 3 is 2.68 bits per heavy atom. The highest BCUT2D eigenvalue weighted by atomic mass is 16.6.